The number of hydrogen-bond acceptors (Lipinski definition) is 0. The van der Waals surface area contributed by atoms with Crippen molar-refractivity contribution in [2.75, 3.05) is 0 Å². The van der Waals surface area contributed by atoms with Gasteiger partial charge in [-0.05, 0) is 93.2 Å². The molecule has 0 unspecified atom stereocenters. The van der Waals surface area contributed by atoms with Gasteiger partial charge in [0.1, 0.15) is 0 Å². The first-order valence-corrected chi connectivity index (χ1v) is 8.28. The maximum atomic E-state index is 5.97. The van der Waals surface area contributed by atoms with Crippen molar-refractivity contribution in [3.05, 3.63) is 41.3 Å². The van der Waals surface area contributed by atoms with Crippen molar-refractivity contribution >= 4 is 11.6 Å². The van der Waals surface area contributed by atoms with Crippen LogP contribution in [-0.2, 0) is 0 Å². The minimum atomic E-state index is 0.781. The molecule has 19 heavy (non-hydrogen) atoms. The predicted octanol–water partition coefficient (Wildman–Crippen LogP) is 6.01. The molecule has 2 aliphatic rings. The molecule has 1 radical (unpaired) electrons. The van der Waals surface area contributed by atoms with Crippen LogP contribution in [0.15, 0.2) is 24.3 Å². The Morgan fingerprint density at radius 1 is 0.737 bits per heavy atom. The summed E-state index contributed by atoms with van der Waals surface area (Å²) in [5.41, 5.74) is 1.50. The van der Waals surface area contributed by atoms with Gasteiger partial charge in [-0.2, -0.15) is 0 Å². The predicted molar refractivity (Wildman–Crippen MR) is 82.4 cm³/mol. The molecule has 0 aromatic heterocycles. The third-order valence-corrected chi connectivity index (χ3v) is 5.52. The number of rotatable bonds is 2. The number of benzene rings is 1. The Morgan fingerprint density at radius 3 is 1.95 bits per heavy atom. The van der Waals surface area contributed by atoms with E-state index in [0.717, 1.165) is 22.8 Å². The van der Waals surface area contributed by atoms with E-state index < -0.39 is 0 Å². The Bertz CT molecular complexity index is 381. The van der Waals surface area contributed by atoms with E-state index >= 15 is 0 Å². The van der Waals surface area contributed by atoms with Gasteiger partial charge in [-0.15, -0.1) is 0 Å². The Hall–Kier alpha value is -0.490. The lowest BCUT2D eigenvalue weighted by atomic mass is 9.70. The van der Waals surface area contributed by atoms with Crippen LogP contribution in [0.2, 0.25) is 5.02 Å². The highest BCUT2D eigenvalue weighted by molar-refractivity contribution is 6.30. The molecule has 0 saturated heterocycles. The van der Waals surface area contributed by atoms with Crippen molar-refractivity contribution in [1.82, 2.24) is 0 Å². The quantitative estimate of drug-likeness (QED) is 0.620. The minimum absolute atomic E-state index is 0.781. The monoisotopic (exact) mass is 275 g/mol. The molecule has 0 spiro atoms. The van der Waals surface area contributed by atoms with Crippen LogP contribution in [0.4, 0.5) is 0 Å². The Balaban J connectivity index is 1.55. The second-order valence-electron chi connectivity index (χ2n) is 6.37. The summed E-state index contributed by atoms with van der Waals surface area (Å²) in [5, 5.41) is 0.857. The standard InChI is InChI=1S/C18H24Cl/c19-18-12-10-17(11-13-18)16-8-6-15(7-9-16)14-4-2-1-3-5-14/h1,10-16H,2-9H2. The number of halogens is 1. The average molecular weight is 276 g/mol. The zero-order valence-corrected chi connectivity index (χ0v) is 12.4. The van der Waals surface area contributed by atoms with Crippen LogP contribution in [0.25, 0.3) is 0 Å². The molecule has 0 heterocycles. The van der Waals surface area contributed by atoms with Crippen LogP contribution in [0, 0.1) is 18.3 Å². The van der Waals surface area contributed by atoms with E-state index in [1.165, 1.54) is 56.9 Å². The molecule has 1 heteroatoms. The fourth-order valence-electron chi connectivity index (χ4n) is 4.08. The highest BCUT2D eigenvalue weighted by Gasteiger charge is 2.28. The van der Waals surface area contributed by atoms with Crippen molar-refractivity contribution < 1.29 is 0 Å². The molecule has 0 bridgehead atoms. The molecular formula is C18H24Cl. The second-order valence-corrected chi connectivity index (χ2v) is 6.80. The van der Waals surface area contributed by atoms with E-state index in [1.807, 2.05) is 12.1 Å². The summed E-state index contributed by atoms with van der Waals surface area (Å²) in [7, 11) is 0. The van der Waals surface area contributed by atoms with Gasteiger partial charge >= 0.3 is 0 Å². The van der Waals surface area contributed by atoms with Crippen LogP contribution in [0.5, 0.6) is 0 Å². The molecule has 2 saturated carbocycles. The van der Waals surface area contributed by atoms with E-state index in [2.05, 4.69) is 18.6 Å². The van der Waals surface area contributed by atoms with Gasteiger partial charge in [0.05, 0.1) is 0 Å². The fraction of sp³-hybridized carbons (Fsp3) is 0.611. The van der Waals surface area contributed by atoms with Crippen molar-refractivity contribution in [2.24, 2.45) is 11.8 Å². The molecule has 3 rings (SSSR count). The third-order valence-electron chi connectivity index (χ3n) is 5.26. The van der Waals surface area contributed by atoms with Crippen molar-refractivity contribution in [3.8, 4) is 0 Å². The molecule has 2 fully saturated rings. The van der Waals surface area contributed by atoms with Gasteiger partial charge in [-0.1, -0.05) is 23.7 Å². The molecule has 0 nitrogen and oxygen atoms in total. The molecule has 0 atom stereocenters. The highest BCUT2D eigenvalue weighted by Crippen LogP contribution is 2.42. The van der Waals surface area contributed by atoms with Crippen LogP contribution in [0.3, 0.4) is 0 Å². The van der Waals surface area contributed by atoms with E-state index in [9.17, 15) is 0 Å². The first-order chi connectivity index (χ1) is 9.33. The molecule has 1 aromatic rings. The summed E-state index contributed by atoms with van der Waals surface area (Å²) in [6.07, 6.45) is 13.8. The summed E-state index contributed by atoms with van der Waals surface area (Å²) in [5.74, 6) is 2.82. The summed E-state index contributed by atoms with van der Waals surface area (Å²) in [4.78, 5) is 0. The van der Waals surface area contributed by atoms with Gasteiger partial charge < -0.3 is 0 Å². The van der Waals surface area contributed by atoms with Gasteiger partial charge in [-0.25, -0.2) is 0 Å². The smallest absolute Gasteiger partial charge is 0.0406 e. The lowest BCUT2D eigenvalue weighted by molar-refractivity contribution is 0.199. The Labute approximate surface area is 122 Å². The number of hydrogen-bond donors (Lipinski definition) is 0. The van der Waals surface area contributed by atoms with Crippen LogP contribution in [-0.4, -0.2) is 0 Å². The Kier molecular flexibility index (Phi) is 4.48. The Morgan fingerprint density at radius 2 is 1.32 bits per heavy atom. The zero-order valence-electron chi connectivity index (χ0n) is 11.7. The van der Waals surface area contributed by atoms with Crippen molar-refractivity contribution in [3.63, 3.8) is 0 Å². The van der Waals surface area contributed by atoms with Gasteiger partial charge in [0.15, 0.2) is 0 Å². The molecular weight excluding hydrogens is 252 g/mol. The maximum absolute atomic E-state index is 5.97. The van der Waals surface area contributed by atoms with Crippen molar-refractivity contribution in [2.45, 2.75) is 57.3 Å². The highest BCUT2D eigenvalue weighted by atomic mass is 35.5. The van der Waals surface area contributed by atoms with Gasteiger partial charge in [0.25, 0.3) is 0 Å². The summed E-state index contributed by atoms with van der Waals surface area (Å²) >= 11 is 5.97. The molecule has 2 aliphatic carbocycles. The maximum Gasteiger partial charge on any atom is 0.0406 e. The molecule has 103 valence electrons. The second kappa shape index (κ2) is 6.31. The van der Waals surface area contributed by atoms with Gasteiger partial charge in [0, 0.05) is 5.02 Å². The summed E-state index contributed by atoms with van der Waals surface area (Å²) in [6, 6.07) is 8.53. The van der Waals surface area contributed by atoms with Crippen LogP contribution in [0.1, 0.15) is 62.8 Å². The SMILES string of the molecule is Clc1ccc(C2CCC(C3CC[CH]CC3)CC2)cc1. The molecule has 0 amide bonds. The largest absolute Gasteiger partial charge is 0.0843 e. The molecule has 0 N–H and O–H groups in total. The van der Waals surface area contributed by atoms with E-state index in [1.54, 1.807) is 0 Å². The van der Waals surface area contributed by atoms with E-state index in [4.69, 9.17) is 11.6 Å². The third kappa shape index (κ3) is 3.34. The lowest BCUT2D eigenvalue weighted by Gasteiger charge is -2.36. The van der Waals surface area contributed by atoms with E-state index in [0.29, 0.717) is 0 Å². The van der Waals surface area contributed by atoms with Crippen LogP contribution < -0.4 is 0 Å². The topological polar surface area (TPSA) is 0 Å². The lowest BCUT2D eigenvalue weighted by Crippen LogP contribution is -2.23. The van der Waals surface area contributed by atoms with Gasteiger partial charge in [-0.3, -0.25) is 0 Å². The summed E-state index contributed by atoms with van der Waals surface area (Å²) < 4.78 is 0. The average Bonchev–Trinajstić information content (AvgIpc) is 2.49. The fourth-order valence-corrected chi connectivity index (χ4v) is 4.21. The first kappa shape index (κ1) is 13.5. The van der Waals surface area contributed by atoms with Crippen molar-refractivity contribution in [1.29, 1.82) is 0 Å². The van der Waals surface area contributed by atoms with Crippen LogP contribution >= 0.6 is 11.6 Å². The minimum Gasteiger partial charge on any atom is -0.0843 e. The summed E-state index contributed by atoms with van der Waals surface area (Å²) in [6.45, 7) is 0. The normalized spacial score (nSPS) is 29.3. The zero-order chi connectivity index (χ0) is 13.1. The van der Waals surface area contributed by atoms with E-state index in [-0.39, 0.29) is 0 Å². The molecule has 1 aromatic carbocycles. The first-order valence-electron chi connectivity index (χ1n) is 7.90. The van der Waals surface area contributed by atoms with Gasteiger partial charge in [0.2, 0.25) is 0 Å². The molecule has 0 aliphatic heterocycles.